The van der Waals surface area contributed by atoms with Gasteiger partial charge >= 0.3 is 12.2 Å². The molecule has 18 heteroatoms. The number of aromatic nitrogens is 4. The van der Waals surface area contributed by atoms with Crippen LogP contribution in [0.15, 0.2) is 72.9 Å². The van der Waals surface area contributed by atoms with E-state index < -0.39 is 40.1 Å². The second-order valence-corrected chi connectivity index (χ2v) is 21.1. The van der Waals surface area contributed by atoms with Crippen LogP contribution in [0.25, 0.3) is 53.6 Å². The van der Waals surface area contributed by atoms with Gasteiger partial charge in [0.05, 0.1) is 48.9 Å². The quantitative estimate of drug-likeness (QED) is 0.0894. The van der Waals surface area contributed by atoms with Gasteiger partial charge in [0, 0.05) is 44.6 Å². The zero-order valence-electron chi connectivity index (χ0n) is 36.8. The van der Waals surface area contributed by atoms with Crippen molar-refractivity contribution in [3.63, 3.8) is 0 Å². The van der Waals surface area contributed by atoms with E-state index in [9.17, 15) is 27.6 Å². The van der Waals surface area contributed by atoms with Gasteiger partial charge in [-0.1, -0.05) is 50.8 Å². The maximum atomic E-state index is 14.2. The van der Waals surface area contributed by atoms with Crippen molar-refractivity contribution in [1.82, 2.24) is 40.4 Å². The average Bonchev–Trinajstić information content (AvgIpc) is 4.16. The van der Waals surface area contributed by atoms with Gasteiger partial charge in [0.2, 0.25) is 11.8 Å². The molecular weight excluding hydrogens is 869 g/mol. The van der Waals surface area contributed by atoms with Crippen molar-refractivity contribution in [2.75, 3.05) is 32.8 Å². The Morgan fingerprint density at radius 2 is 1.57 bits per heavy atom. The standard InChI is InChI=1S/C47H52N8O8S2/c1-24(2)39(53-47(59)63-5)45(57)54-17-15-25(3)40(54)42-48-23-36(51-42)28-9-13-32-31-12-8-27(21-37(31)64-38(32)22-28)26-10-14-33-35(20-26)50-43(49-33)41-29-7-11-30(19-29)55(41)44(56)34(52-46(58)62-4)16-18-65(6,60)61/h8-10,12-14,20-24,29-30,34,39-41H,3,7,11,15-19H2,1-2,4-6H3,(H,48,51)(H,49,50)(H,52,58)(H,53,59). The Morgan fingerprint density at radius 3 is 2.28 bits per heavy atom. The lowest BCUT2D eigenvalue weighted by Crippen LogP contribution is -2.52. The van der Waals surface area contributed by atoms with Crippen molar-refractivity contribution in [3.8, 4) is 22.4 Å². The highest BCUT2D eigenvalue weighted by Crippen LogP contribution is 2.50. The lowest BCUT2D eigenvalue weighted by Gasteiger charge is -2.36. The normalized spacial score (nSPS) is 20.6. The van der Waals surface area contributed by atoms with E-state index in [1.165, 1.54) is 14.2 Å². The molecule has 4 amide bonds. The number of H-pyrrole nitrogens is 2. The number of piperidine rings is 1. The van der Waals surface area contributed by atoms with Gasteiger partial charge < -0.3 is 39.9 Å². The van der Waals surface area contributed by atoms with E-state index in [0.717, 1.165) is 84.7 Å². The molecule has 2 saturated heterocycles. The van der Waals surface area contributed by atoms with Crippen molar-refractivity contribution in [2.45, 2.75) is 76.2 Å². The van der Waals surface area contributed by atoms with E-state index in [0.29, 0.717) is 24.6 Å². The van der Waals surface area contributed by atoms with Crippen molar-refractivity contribution in [2.24, 2.45) is 11.8 Å². The number of ether oxygens (including phenoxy) is 2. The second-order valence-electron chi connectivity index (χ2n) is 17.8. The first-order valence-electron chi connectivity index (χ1n) is 21.8. The fraction of sp³-hybridized carbons (Fsp3) is 0.404. The molecule has 5 heterocycles. The second kappa shape index (κ2) is 17.3. The summed E-state index contributed by atoms with van der Waals surface area (Å²) in [7, 11) is -0.906. The van der Waals surface area contributed by atoms with Crippen molar-refractivity contribution < 1.29 is 37.1 Å². The summed E-state index contributed by atoms with van der Waals surface area (Å²) in [4.78, 5) is 72.5. The van der Waals surface area contributed by atoms with Gasteiger partial charge in [0.15, 0.2) is 0 Å². The molecule has 1 saturated carbocycles. The molecule has 6 aromatic rings. The van der Waals surface area contributed by atoms with Crippen molar-refractivity contribution in [3.05, 3.63) is 84.6 Å². The molecule has 16 nitrogen and oxygen atoms in total. The minimum absolute atomic E-state index is 0.0370. The lowest BCUT2D eigenvalue weighted by molar-refractivity contribution is -0.138. The monoisotopic (exact) mass is 920 g/mol. The zero-order valence-corrected chi connectivity index (χ0v) is 38.5. The minimum Gasteiger partial charge on any atom is -0.453 e. The van der Waals surface area contributed by atoms with Gasteiger partial charge in [-0.3, -0.25) is 9.59 Å². The number of carbonyl (C=O) groups is 4. The first-order chi connectivity index (χ1) is 31.1. The maximum absolute atomic E-state index is 14.2. The molecular formula is C47H52N8O8S2. The van der Waals surface area contributed by atoms with E-state index in [4.69, 9.17) is 19.4 Å². The number of aromatic amines is 2. The number of alkyl carbamates (subject to hydrolysis) is 2. The number of hydrogen-bond acceptors (Lipinski definition) is 11. The van der Waals surface area contributed by atoms with Gasteiger partial charge in [-0.2, -0.15) is 0 Å². The number of methoxy groups -OCH3 is 2. The van der Waals surface area contributed by atoms with E-state index in [1.807, 2.05) is 30.9 Å². The molecule has 0 radical (unpaired) electrons. The molecule has 65 heavy (non-hydrogen) atoms. The molecule has 3 aromatic heterocycles. The van der Waals surface area contributed by atoms with Crippen LogP contribution in [0, 0.1) is 11.8 Å². The van der Waals surface area contributed by atoms with Crippen molar-refractivity contribution in [1.29, 1.82) is 0 Å². The number of likely N-dealkylation sites (tertiary alicyclic amines) is 2. The molecule has 1 aliphatic carbocycles. The highest BCUT2D eigenvalue weighted by molar-refractivity contribution is 7.90. The third-order valence-corrected chi connectivity index (χ3v) is 15.3. The van der Waals surface area contributed by atoms with Crippen LogP contribution in [-0.4, -0.2) is 113 Å². The molecule has 3 aromatic carbocycles. The van der Waals surface area contributed by atoms with Crippen LogP contribution < -0.4 is 10.6 Å². The van der Waals surface area contributed by atoms with Crippen LogP contribution in [0.3, 0.4) is 0 Å². The number of nitrogens with one attached hydrogen (secondary N) is 4. The molecule has 9 rings (SSSR count). The van der Waals surface area contributed by atoms with E-state index in [1.54, 1.807) is 22.4 Å². The Hall–Kier alpha value is -6.27. The third kappa shape index (κ3) is 8.44. The molecule has 6 unspecified atom stereocenters. The van der Waals surface area contributed by atoms with Gasteiger partial charge in [-0.25, -0.2) is 28.0 Å². The summed E-state index contributed by atoms with van der Waals surface area (Å²) in [6, 6.07) is 16.3. The number of amides is 4. The Bertz CT molecular complexity index is 2990. The third-order valence-electron chi connectivity index (χ3n) is 13.2. The predicted molar refractivity (Wildman–Crippen MR) is 249 cm³/mol. The summed E-state index contributed by atoms with van der Waals surface area (Å²) in [5.41, 5.74) is 6.28. The van der Waals surface area contributed by atoms with Crippen LogP contribution in [0.5, 0.6) is 0 Å². The van der Waals surface area contributed by atoms with Crippen LogP contribution >= 0.6 is 11.3 Å². The summed E-state index contributed by atoms with van der Waals surface area (Å²) < 4.78 is 35.9. The van der Waals surface area contributed by atoms with Crippen molar-refractivity contribution >= 4 is 76.4 Å². The fourth-order valence-corrected chi connectivity index (χ4v) is 11.8. The molecule has 340 valence electrons. The highest BCUT2D eigenvalue weighted by atomic mass is 32.2. The predicted octanol–water partition coefficient (Wildman–Crippen LogP) is 7.41. The fourth-order valence-electron chi connectivity index (χ4n) is 9.93. The summed E-state index contributed by atoms with van der Waals surface area (Å²) in [5, 5.41) is 7.55. The van der Waals surface area contributed by atoms with Crippen LogP contribution in [0.2, 0.25) is 0 Å². The molecule has 3 aliphatic rings. The SMILES string of the molecule is C=C1CCN(C(=O)C(NC(=O)OC)C(C)C)C1c1ncc(-c2ccc3c(c2)sc2cc(-c4ccc5nc(C6C7CCC(C7)N6C(=O)C(CCS(C)(=O)=O)NC(=O)OC)[nH]c5c4)ccc23)[nH]1. The Kier molecular flexibility index (Phi) is 11.7. The molecule has 0 spiro atoms. The summed E-state index contributed by atoms with van der Waals surface area (Å²) >= 11 is 1.70. The first kappa shape index (κ1) is 44.0. The van der Waals surface area contributed by atoms with Gasteiger partial charge in [-0.05, 0) is 84.9 Å². The molecule has 4 N–H and O–H groups in total. The first-order valence-corrected chi connectivity index (χ1v) is 24.7. The number of imidazole rings is 2. The average molecular weight is 921 g/mol. The van der Waals surface area contributed by atoms with Gasteiger partial charge in [0.1, 0.15) is 39.6 Å². The summed E-state index contributed by atoms with van der Waals surface area (Å²) in [6.45, 7) is 8.49. The number of nitrogens with zero attached hydrogens (tertiary/aromatic N) is 4. The number of sulfone groups is 1. The summed E-state index contributed by atoms with van der Waals surface area (Å²) in [5.74, 6) is 0.503. The number of rotatable bonds is 12. The van der Waals surface area contributed by atoms with Crippen LogP contribution in [0.4, 0.5) is 9.59 Å². The zero-order chi connectivity index (χ0) is 45.9. The molecule has 3 fully saturated rings. The maximum Gasteiger partial charge on any atom is 0.407 e. The number of hydrogen-bond donors (Lipinski definition) is 4. The van der Waals surface area contributed by atoms with Gasteiger partial charge in [0.25, 0.3) is 0 Å². The molecule has 6 atom stereocenters. The summed E-state index contributed by atoms with van der Waals surface area (Å²) in [6.07, 6.45) is 4.59. The van der Waals surface area contributed by atoms with E-state index >= 15 is 0 Å². The van der Waals surface area contributed by atoms with E-state index in [2.05, 4.69) is 69.6 Å². The van der Waals surface area contributed by atoms with Gasteiger partial charge in [-0.15, -0.1) is 11.3 Å². The van der Waals surface area contributed by atoms with Crippen LogP contribution in [0.1, 0.15) is 69.7 Å². The number of thiophene rings is 1. The number of carbonyl (C=O) groups excluding carboxylic acids is 4. The minimum atomic E-state index is -3.39. The van der Waals surface area contributed by atoms with Crippen LogP contribution in [-0.2, 0) is 28.9 Å². The molecule has 2 aliphatic heterocycles. The largest absolute Gasteiger partial charge is 0.453 e. The lowest BCUT2D eigenvalue weighted by atomic mass is 9.97. The smallest absolute Gasteiger partial charge is 0.407 e. The number of fused-ring (bicyclic) bond motifs is 6. The Morgan fingerprint density at radius 1 is 0.892 bits per heavy atom. The Balaban J connectivity index is 0.954. The topological polar surface area (TPSA) is 209 Å². The highest BCUT2D eigenvalue weighted by Gasteiger charge is 2.51. The number of benzene rings is 3. The Labute approximate surface area is 380 Å². The molecule has 2 bridgehead atoms. The van der Waals surface area contributed by atoms with E-state index in [-0.39, 0.29) is 47.9 Å².